The van der Waals surface area contributed by atoms with Crippen LogP contribution in [0.15, 0.2) is 0 Å². The van der Waals surface area contributed by atoms with Crippen LogP contribution in [0.4, 0.5) is 4.79 Å². The smallest absolute Gasteiger partial charge is 0.317 e. The van der Waals surface area contributed by atoms with E-state index in [4.69, 9.17) is 0 Å². The summed E-state index contributed by atoms with van der Waals surface area (Å²) in [5.74, 6) is 0. The SMILES string of the molecule is CC(C)(C)CCNC(=O)N1CCCCC1. The molecule has 1 heterocycles. The zero-order chi connectivity index (χ0) is 11.3. The highest BCUT2D eigenvalue weighted by Gasteiger charge is 2.16. The lowest BCUT2D eigenvalue weighted by Crippen LogP contribution is -2.43. The van der Waals surface area contributed by atoms with E-state index in [-0.39, 0.29) is 6.03 Å². The van der Waals surface area contributed by atoms with Crippen molar-refractivity contribution in [2.75, 3.05) is 19.6 Å². The highest BCUT2D eigenvalue weighted by Crippen LogP contribution is 2.17. The van der Waals surface area contributed by atoms with E-state index in [0.717, 1.165) is 38.9 Å². The topological polar surface area (TPSA) is 32.3 Å². The number of carbonyl (C=O) groups excluding carboxylic acids is 1. The Morgan fingerprint density at radius 1 is 1.20 bits per heavy atom. The maximum atomic E-state index is 11.7. The van der Waals surface area contributed by atoms with Gasteiger partial charge in [-0.3, -0.25) is 0 Å². The first-order chi connectivity index (χ1) is 6.99. The molecule has 1 aliphatic heterocycles. The molecule has 0 aromatic rings. The average molecular weight is 212 g/mol. The van der Waals surface area contributed by atoms with Crippen LogP contribution in [0.2, 0.25) is 0 Å². The van der Waals surface area contributed by atoms with E-state index in [2.05, 4.69) is 26.1 Å². The lowest BCUT2D eigenvalue weighted by Gasteiger charge is -2.27. The van der Waals surface area contributed by atoms with Crippen molar-refractivity contribution in [3.05, 3.63) is 0 Å². The molecule has 2 amide bonds. The second-order valence-electron chi connectivity index (χ2n) is 5.59. The van der Waals surface area contributed by atoms with E-state index < -0.39 is 0 Å². The Labute approximate surface area is 93.2 Å². The van der Waals surface area contributed by atoms with Crippen LogP contribution < -0.4 is 5.32 Å². The van der Waals surface area contributed by atoms with Crippen LogP contribution >= 0.6 is 0 Å². The molecular formula is C12H24N2O. The summed E-state index contributed by atoms with van der Waals surface area (Å²) in [4.78, 5) is 13.6. The van der Waals surface area contributed by atoms with Gasteiger partial charge in [-0.1, -0.05) is 20.8 Å². The van der Waals surface area contributed by atoms with Crippen molar-refractivity contribution in [2.24, 2.45) is 5.41 Å². The van der Waals surface area contributed by atoms with Gasteiger partial charge in [0, 0.05) is 19.6 Å². The van der Waals surface area contributed by atoms with Gasteiger partial charge in [-0.05, 0) is 31.1 Å². The first-order valence-corrected chi connectivity index (χ1v) is 6.02. The normalized spacial score (nSPS) is 17.7. The third-order valence-electron chi connectivity index (χ3n) is 2.79. The number of carbonyl (C=O) groups is 1. The van der Waals surface area contributed by atoms with Crippen LogP contribution in [0.25, 0.3) is 0 Å². The Kier molecular flexibility index (Phi) is 4.43. The number of hydrogen-bond acceptors (Lipinski definition) is 1. The Morgan fingerprint density at radius 2 is 1.80 bits per heavy atom. The first kappa shape index (κ1) is 12.3. The molecule has 1 aliphatic rings. The largest absolute Gasteiger partial charge is 0.338 e. The fraction of sp³-hybridized carbons (Fsp3) is 0.917. The van der Waals surface area contributed by atoms with E-state index in [1.165, 1.54) is 6.42 Å². The van der Waals surface area contributed by atoms with Crippen LogP contribution in [0.1, 0.15) is 46.5 Å². The molecule has 1 saturated heterocycles. The van der Waals surface area contributed by atoms with E-state index in [1.807, 2.05) is 4.90 Å². The van der Waals surface area contributed by atoms with Crippen molar-refractivity contribution < 1.29 is 4.79 Å². The first-order valence-electron chi connectivity index (χ1n) is 6.02. The number of nitrogens with one attached hydrogen (secondary N) is 1. The van der Waals surface area contributed by atoms with E-state index in [0.29, 0.717) is 5.41 Å². The highest BCUT2D eigenvalue weighted by atomic mass is 16.2. The lowest BCUT2D eigenvalue weighted by atomic mass is 9.92. The molecule has 0 atom stereocenters. The predicted molar refractivity (Wildman–Crippen MR) is 62.9 cm³/mol. The average Bonchev–Trinajstić information content (AvgIpc) is 2.17. The van der Waals surface area contributed by atoms with E-state index >= 15 is 0 Å². The maximum absolute atomic E-state index is 11.7. The highest BCUT2D eigenvalue weighted by molar-refractivity contribution is 5.74. The number of rotatable bonds is 2. The predicted octanol–water partition coefficient (Wildman–Crippen LogP) is 2.62. The number of nitrogens with zero attached hydrogens (tertiary/aromatic N) is 1. The molecule has 0 bridgehead atoms. The fourth-order valence-corrected chi connectivity index (χ4v) is 1.75. The van der Waals surface area contributed by atoms with Crippen molar-refractivity contribution in [2.45, 2.75) is 46.5 Å². The second kappa shape index (κ2) is 5.38. The molecule has 1 N–H and O–H groups in total. The van der Waals surface area contributed by atoms with E-state index in [9.17, 15) is 4.79 Å². The molecule has 0 aromatic heterocycles. The van der Waals surface area contributed by atoms with Gasteiger partial charge in [0.15, 0.2) is 0 Å². The standard InChI is InChI=1S/C12H24N2O/c1-12(2,3)7-8-13-11(15)14-9-5-4-6-10-14/h4-10H2,1-3H3,(H,13,15). The van der Waals surface area contributed by atoms with Crippen LogP contribution in [0, 0.1) is 5.41 Å². The maximum Gasteiger partial charge on any atom is 0.317 e. The van der Waals surface area contributed by atoms with Crippen LogP contribution in [0.3, 0.4) is 0 Å². The molecule has 1 fully saturated rings. The van der Waals surface area contributed by atoms with Crippen LogP contribution in [0.5, 0.6) is 0 Å². The van der Waals surface area contributed by atoms with E-state index in [1.54, 1.807) is 0 Å². The summed E-state index contributed by atoms with van der Waals surface area (Å²) in [5, 5.41) is 3.00. The molecule has 88 valence electrons. The third-order valence-corrected chi connectivity index (χ3v) is 2.79. The monoisotopic (exact) mass is 212 g/mol. The van der Waals surface area contributed by atoms with Crippen LogP contribution in [-0.2, 0) is 0 Å². The molecule has 0 saturated carbocycles. The molecule has 0 aliphatic carbocycles. The minimum absolute atomic E-state index is 0.124. The molecular weight excluding hydrogens is 188 g/mol. The van der Waals surface area contributed by atoms with Crippen molar-refractivity contribution >= 4 is 6.03 Å². The summed E-state index contributed by atoms with van der Waals surface area (Å²) in [6, 6.07) is 0.124. The Bertz CT molecular complexity index is 202. The quantitative estimate of drug-likeness (QED) is 0.749. The fourth-order valence-electron chi connectivity index (χ4n) is 1.75. The number of urea groups is 1. The summed E-state index contributed by atoms with van der Waals surface area (Å²) in [5.41, 5.74) is 0.301. The minimum Gasteiger partial charge on any atom is -0.338 e. The van der Waals surface area contributed by atoms with Gasteiger partial charge in [0.1, 0.15) is 0 Å². The van der Waals surface area contributed by atoms with Gasteiger partial charge in [-0.2, -0.15) is 0 Å². The van der Waals surface area contributed by atoms with Crippen molar-refractivity contribution in [1.82, 2.24) is 10.2 Å². The van der Waals surface area contributed by atoms with Crippen molar-refractivity contribution in [1.29, 1.82) is 0 Å². The number of amides is 2. The van der Waals surface area contributed by atoms with Gasteiger partial charge in [0.25, 0.3) is 0 Å². The molecule has 1 rings (SSSR count). The Morgan fingerprint density at radius 3 is 2.33 bits per heavy atom. The molecule has 0 spiro atoms. The Balaban J connectivity index is 2.17. The summed E-state index contributed by atoms with van der Waals surface area (Å²) in [7, 11) is 0. The van der Waals surface area contributed by atoms with Crippen LogP contribution in [-0.4, -0.2) is 30.6 Å². The molecule has 3 heteroatoms. The van der Waals surface area contributed by atoms with Gasteiger partial charge in [0.05, 0.1) is 0 Å². The number of hydrogen-bond donors (Lipinski definition) is 1. The molecule has 3 nitrogen and oxygen atoms in total. The van der Waals surface area contributed by atoms with Gasteiger partial charge in [-0.15, -0.1) is 0 Å². The molecule has 15 heavy (non-hydrogen) atoms. The second-order valence-corrected chi connectivity index (χ2v) is 5.59. The van der Waals surface area contributed by atoms with Gasteiger partial charge in [0.2, 0.25) is 0 Å². The zero-order valence-electron chi connectivity index (χ0n) is 10.3. The number of likely N-dealkylation sites (tertiary alicyclic amines) is 1. The van der Waals surface area contributed by atoms with Gasteiger partial charge in [-0.25, -0.2) is 4.79 Å². The lowest BCUT2D eigenvalue weighted by molar-refractivity contribution is 0.185. The summed E-state index contributed by atoms with van der Waals surface area (Å²) in [6.45, 7) is 9.24. The summed E-state index contributed by atoms with van der Waals surface area (Å²) >= 11 is 0. The third kappa shape index (κ3) is 5.05. The molecule has 0 unspecified atom stereocenters. The zero-order valence-corrected chi connectivity index (χ0v) is 10.3. The van der Waals surface area contributed by atoms with Gasteiger partial charge >= 0.3 is 6.03 Å². The minimum atomic E-state index is 0.124. The number of piperidine rings is 1. The summed E-state index contributed by atoms with van der Waals surface area (Å²) in [6.07, 6.45) is 4.62. The molecule has 0 aromatic carbocycles. The van der Waals surface area contributed by atoms with Crippen molar-refractivity contribution in [3.63, 3.8) is 0 Å². The molecule has 0 radical (unpaired) electrons. The van der Waals surface area contributed by atoms with Crippen molar-refractivity contribution in [3.8, 4) is 0 Å². The van der Waals surface area contributed by atoms with Gasteiger partial charge < -0.3 is 10.2 Å². The Hall–Kier alpha value is -0.730. The summed E-state index contributed by atoms with van der Waals surface area (Å²) < 4.78 is 0.